The van der Waals surface area contributed by atoms with Gasteiger partial charge in [0.25, 0.3) is 0 Å². The number of carbonyl (C=O) groups is 1. The Bertz CT molecular complexity index is 420. The van der Waals surface area contributed by atoms with E-state index >= 15 is 0 Å². The number of aliphatic hydroxyl groups excluding tert-OH is 1. The van der Waals surface area contributed by atoms with Gasteiger partial charge >= 0.3 is 0 Å². The monoisotopic (exact) mass is 299 g/mol. The van der Waals surface area contributed by atoms with E-state index in [1.54, 1.807) is 0 Å². The van der Waals surface area contributed by atoms with Gasteiger partial charge < -0.3 is 10.0 Å². The Morgan fingerprint density at radius 2 is 2.05 bits per heavy atom. The second-order valence-electron chi connectivity index (χ2n) is 4.64. The van der Waals surface area contributed by atoms with E-state index in [9.17, 15) is 4.79 Å². The van der Waals surface area contributed by atoms with Crippen LogP contribution in [-0.2, 0) is 4.79 Å². The maximum absolute atomic E-state index is 12.2. The number of halogens is 1. The minimum absolute atomic E-state index is 0.0356. The van der Waals surface area contributed by atoms with Crippen molar-refractivity contribution in [2.75, 3.05) is 18.9 Å². The smallest absolute Gasteiger partial charge is 0.233 e. The first-order valence-electron chi connectivity index (χ1n) is 6.49. The lowest BCUT2D eigenvalue weighted by atomic mass is 9.91. The van der Waals surface area contributed by atoms with Crippen molar-refractivity contribution >= 4 is 29.3 Å². The van der Waals surface area contributed by atoms with E-state index < -0.39 is 0 Å². The van der Waals surface area contributed by atoms with E-state index in [2.05, 4.69) is 0 Å². The maximum atomic E-state index is 12.2. The van der Waals surface area contributed by atoms with Crippen LogP contribution in [0.25, 0.3) is 0 Å². The topological polar surface area (TPSA) is 40.5 Å². The van der Waals surface area contributed by atoms with E-state index in [-0.39, 0.29) is 12.5 Å². The lowest BCUT2D eigenvalue weighted by Gasteiger charge is -2.37. The largest absolute Gasteiger partial charge is 0.395 e. The third-order valence-corrected chi connectivity index (χ3v) is 4.60. The zero-order chi connectivity index (χ0) is 13.7. The summed E-state index contributed by atoms with van der Waals surface area (Å²) in [5, 5.41) is 9.76. The van der Waals surface area contributed by atoms with Gasteiger partial charge in [-0.2, -0.15) is 0 Å². The summed E-state index contributed by atoms with van der Waals surface area (Å²) in [7, 11) is 0. The molecule has 1 saturated carbocycles. The van der Waals surface area contributed by atoms with Crippen LogP contribution in [0.1, 0.15) is 19.3 Å². The number of aliphatic hydroxyl groups is 1. The van der Waals surface area contributed by atoms with Crippen LogP contribution in [0.15, 0.2) is 29.2 Å². The Labute approximate surface area is 122 Å². The predicted octanol–water partition coefficient (Wildman–Crippen LogP) is 2.81. The molecule has 0 spiro atoms. The van der Waals surface area contributed by atoms with Crippen molar-refractivity contribution in [3.05, 3.63) is 29.3 Å². The predicted molar refractivity (Wildman–Crippen MR) is 78.6 cm³/mol. The van der Waals surface area contributed by atoms with Gasteiger partial charge in [-0.1, -0.05) is 11.6 Å². The average molecular weight is 300 g/mol. The van der Waals surface area contributed by atoms with Crippen molar-refractivity contribution in [3.63, 3.8) is 0 Å². The molecule has 0 unspecified atom stereocenters. The number of hydrogen-bond acceptors (Lipinski definition) is 3. The van der Waals surface area contributed by atoms with Crippen molar-refractivity contribution in [2.45, 2.75) is 30.2 Å². The van der Waals surface area contributed by atoms with E-state index in [1.165, 1.54) is 18.2 Å². The molecule has 0 radical (unpaired) electrons. The molecule has 1 aromatic carbocycles. The fourth-order valence-corrected chi connectivity index (χ4v) is 2.99. The number of hydrogen-bond donors (Lipinski definition) is 1. The molecule has 0 aliphatic heterocycles. The van der Waals surface area contributed by atoms with E-state index in [4.69, 9.17) is 16.7 Å². The van der Waals surface area contributed by atoms with Crippen LogP contribution in [0.2, 0.25) is 5.02 Å². The van der Waals surface area contributed by atoms with Crippen LogP contribution in [0.4, 0.5) is 0 Å². The molecule has 1 aliphatic carbocycles. The van der Waals surface area contributed by atoms with Crippen LogP contribution >= 0.6 is 23.4 Å². The van der Waals surface area contributed by atoms with E-state index in [1.807, 2.05) is 29.2 Å². The summed E-state index contributed by atoms with van der Waals surface area (Å²) in [4.78, 5) is 15.0. The normalized spacial score (nSPS) is 15.1. The fourth-order valence-electron chi connectivity index (χ4n) is 2.08. The molecule has 1 aromatic rings. The Hall–Kier alpha value is -0.710. The highest BCUT2D eigenvalue weighted by Crippen LogP contribution is 2.26. The van der Waals surface area contributed by atoms with Gasteiger partial charge in [-0.05, 0) is 43.5 Å². The van der Waals surface area contributed by atoms with Crippen LogP contribution in [0.3, 0.4) is 0 Å². The third kappa shape index (κ3) is 4.13. The van der Waals surface area contributed by atoms with Crippen molar-refractivity contribution < 1.29 is 9.90 Å². The summed E-state index contributed by atoms with van der Waals surface area (Å²) in [6.07, 6.45) is 3.32. The number of nitrogens with zero attached hydrogens (tertiary/aromatic N) is 1. The highest BCUT2D eigenvalue weighted by molar-refractivity contribution is 8.00. The molecule has 0 aromatic heterocycles. The van der Waals surface area contributed by atoms with Gasteiger partial charge in [-0.25, -0.2) is 0 Å². The first-order valence-corrected chi connectivity index (χ1v) is 7.86. The lowest BCUT2D eigenvalue weighted by molar-refractivity contribution is -0.132. The van der Waals surface area contributed by atoms with Gasteiger partial charge in [0.05, 0.1) is 12.4 Å². The van der Waals surface area contributed by atoms with Crippen LogP contribution in [-0.4, -0.2) is 40.9 Å². The molecule has 1 aliphatic rings. The molecule has 1 N–H and O–H groups in total. The molecule has 19 heavy (non-hydrogen) atoms. The minimum atomic E-state index is 0.0356. The molecule has 1 fully saturated rings. The third-order valence-electron chi connectivity index (χ3n) is 3.35. The summed E-state index contributed by atoms with van der Waals surface area (Å²) >= 11 is 7.33. The van der Waals surface area contributed by atoms with Crippen molar-refractivity contribution in [1.29, 1.82) is 0 Å². The standard InChI is InChI=1S/C14H18ClNO2S/c15-11-4-6-13(7-5-11)19-10-14(18)16(8-9-17)12-2-1-3-12/h4-7,12,17H,1-3,8-10H2. The van der Waals surface area contributed by atoms with Crippen LogP contribution in [0.5, 0.6) is 0 Å². The molecule has 1 amide bonds. The SMILES string of the molecule is O=C(CSc1ccc(Cl)cc1)N(CCO)C1CCC1. The van der Waals surface area contributed by atoms with Crippen LogP contribution in [0, 0.1) is 0 Å². The van der Waals surface area contributed by atoms with E-state index in [0.717, 1.165) is 17.7 Å². The zero-order valence-corrected chi connectivity index (χ0v) is 12.3. The van der Waals surface area contributed by atoms with Gasteiger partial charge in [-0.3, -0.25) is 4.79 Å². The number of carbonyl (C=O) groups excluding carboxylic acids is 1. The first kappa shape index (κ1) is 14.7. The van der Waals surface area contributed by atoms with Crippen molar-refractivity contribution in [3.8, 4) is 0 Å². The highest BCUT2D eigenvalue weighted by atomic mass is 35.5. The second kappa shape index (κ2) is 7.17. The maximum Gasteiger partial charge on any atom is 0.233 e. The number of benzene rings is 1. The summed E-state index contributed by atoms with van der Waals surface area (Å²) in [6, 6.07) is 7.82. The number of rotatable bonds is 6. The molecule has 0 heterocycles. The molecule has 2 rings (SSSR count). The Balaban J connectivity index is 1.86. The molecule has 0 bridgehead atoms. The van der Waals surface area contributed by atoms with Gasteiger partial charge in [-0.15, -0.1) is 11.8 Å². The Kier molecular flexibility index (Phi) is 5.55. The summed E-state index contributed by atoms with van der Waals surface area (Å²) in [5.41, 5.74) is 0. The Morgan fingerprint density at radius 1 is 1.37 bits per heavy atom. The van der Waals surface area contributed by atoms with Gasteiger partial charge in [0, 0.05) is 22.5 Å². The molecule has 3 nitrogen and oxygen atoms in total. The Morgan fingerprint density at radius 3 is 2.58 bits per heavy atom. The molecular formula is C14H18ClNO2S. The lowest BCUT2D eigenvalue weighted by Crippen LogP contribution is -2.46. The molecule has 0 atom stereocenters. The summed E-state index contributed by atoms with van der Waals surface area (Å²) < 4.78 is 0. The van der Waals surface area contributed by atoms with Gasteiger partial charge in [0.2, 0.25) is 5.91 Å². The molecular weight excluding hydrogens is 282 g/mol. The molecule has 5 heteroatoms. The van der Waals surface area contributed by atoms with E-state index in [0.29, 0.717) is 23.4 Å². The number of thioether (sulfide) groups is 1. The fraction of sp³-hybridized carbons (Fsp3) is 0.500. The quantitative estimate of drug-likeness (QED) is 0.821. The van der Waals surface area contributed by atoms with Gasteiger partial charge in [0.15, 0.2) is 0 Å². The summed E-state index contributed by atoms with van der Waals surface area (Å²) in [6.45, 7) is 0.485. The van der Waals surface area contributed by atoms with Crippen LogP contribution < -0.4 is 0 Å². The number of amides is 1. The van der Waals surface area contributed by atoms with Gasteiger partial charge in [0.1, 0.15) is 0 Å². The van der Waals surface area contributed by atoms with Crippen molar-refractivity contribution in [2.24, 2.45) is 0 Å². The summed E-state index contributed by atoms with van der Waals surface area (Å²) in [5.74, 6) is 0.525. The average Bonchev–Trinajstić information content (AvgIpc) is 2.35. The molecule has 0 saturated heterocycles. The highest BCUT2D eigenvalue weighted by Gasteiger charge is 2.27. The first-order chi connectivity index (χ1) is 9.20. The second-order valence-corrected chi connectivity index (χ2v) is 6.12. The minimum Gasteiger partial charge on any atom is -0.395 e. The van der Waals surface area contributed by atoms with Crippen molar-refractivity contribution in [1.82, 2.24) is 4.90 Å². The zero-order valence-electron chi connectivity index (χ0n) is 10.7. The molecule has 104 valence electrons.